The number of nitro groups is 1. The van der Waals surface area contributed by atoms with Crippen LogP contribution in [-0.4, -0.2) is 21.6 Å². The first kappa shape index (κ1) is 15.8. The number of hydrogen-bond acceptors (Lipinski definition) is 4. The summed E-state index contributed by atoms with van der Waals surface area (Å²) in [5.74, 6) is -0.611. The molecule has 0 aromatic heterocycles. The van der Waals surface area contributed by atoms with E-state index in [1.807, 2.05) is 0 Å². The van der Waals surface area contributed by atoms with Gasteiger partial charge in [-0.3, -0.25) is 14.9 Å². The quantitative estimate of drug-likeness (QED) is 0.640. The Bertz CT molecular complexity index is 833. The van der Waals surface area contributed by atoms with Crippen LogP contribution in [0, 0.1) is 15.9 Å². The first-order chi connectivity index (χ1) is 11.5. The molecule has 1 aliphatic heterocycles. The highest BCUT2D eigenvalue weighted by Gasteiger charge is 2.32. The van der Waals surface area contributed by atoms with Crippen LogP contribution in [0.2, 0.25) is 0 Å². The molecule has 7 heteroatoms. The average Bonchev–Trinajstić information content (AvgIpc) is 3.01. The molecule has 1 aliphatic rings. The van der Waals surface area contributed by atoms with E-state index in [4.69, 9.17) is 0 Å². The van der Waals surface area contributed by atoms with E-state index < -0.39 is 11.0 Å². The Kier molecular flexibility index (Phi) is 4.07. The van der Waals surface area contributed by atoms with Crippen molar-refractivity contribution in [1.29, 1.82) is 0 Å². The van der Waals surface area contributed by atoms with E-state index in [2.05, 4.69) is 5.10 Å². The zero-order valence-electron chi connectivity index (χ0n) is 12.8. The minimum absolute atomic E-state index is 0.0359. The van der Waals surface area contributed by atoms with Gasteiger partial charge in [-0.05, 0) is 23.3 Å². The summed E-state index contributed by atoms with van der Waals surface area (Å²) in [6.45, 7) is 1.39. The molecule has 3 rings (SSSR count). The molecule has 0 radical (unpaired) electrons. The first-order valence-corrected chi connectivity index (χ1v) is 7.33. The van der Waals surface area contributed by atoms with E-state index in [-0.39, 0.29) is 17.4 Å². The van der Waals surface area contributed by atoms with Gasteiger partial charge in [0.15, 0.2) is 0 Å². The SMILES string of the molecule is CC(=O)N1N=C(c2ccc(F)cc2)CC1c1cccc([N+](=O)[O-])c1. The van der Waals surface area contributed by atoms with Crippen molar-refractivity contribution in [2.75, 3.05) is 0 Å². The number of benzene rings is 2. The molecular formula is C17H14FN3O3. The molecule has 6 nitrogen and oxygen atoms in total. The summed E-state index contributed by atoms with van der Waals surface area (Å²) in [5.41, 5.74) is 1.96. The molecule has 1 amide bonds. The Morgan fingerprint density at radius 1 is 1.29 bits per heavy atom. The first-order valence-electron chi connectivity index (χ1n) is 7.33. The van der Waals surface area contributed by atoms with Crippen LogP contribution in [0.15, 0.2) is 53.6 Å². The molecule has 122 valence electrons. The molecule has 0 N–H and O–H groups in total. The molecule has 0 bridgehead atoms. The van der Waals surface area contributed by atoms with E-state index in [1.54, 1.807) is 24.3 Å². The van der Waals surface area contributed by atoms with Crippen molar-refractivity contribution >= 4 is 17.3 Å². The summed E-state index contributed by atoms with van der Waals surface area (Å²) in [6.07, 6.45) is 0.409. The molecule has 1 atom stereocenters. The average molecular weight is 327 g/mol. The lowest BCUT2D eigenvalue weighted by Gasteiger charge is -2.20. The third kappa shape index (κ3) is 3.01. The smallest absolute Gasteiger partial charge is 0.269 e. The maximum absolute atomic E-state index is 13.1. The summed E-state index contributed by atoms with van der Waals surface area (Å²) in [7, 11) is 0. The van der Waals surface area contributed by atoms with Crippen LogP contribution < -0.4 is 0 Å². The second-order valence-corrected chi connectivity index (χ2v) is 5.49. The highest BCUT2D eigenvalue weighted by atomic mass is 19.1. The van der Waals surface area contributed by atoms with Crippen LogP contribution >= 0.6 is 0 Å². The largest absolute Gasteiger partial charge is 0.273 e. The number of rotatable bonds is 3. The van der Waals surface area contributed by atoms with Crippen molar-refractivity contribution in [2.24, 2.45) is 5.10 Å². The molecule has 0 fully saturated rings. The molecular weight excluding hydrogens is 313 g/mol. The van der Waals surface area contributed by atoms with Gasteiger partial charge in [0.05, 0.1) is 16.7 Å². The van der Waals surface area contributed by atoms with E-state index in [0.29, 0.717) is 17.7 Å². The number of halogens is 1. The number of nitro benzene ring substituents is 1. The van der Waals surface area contributed by atoms with Gasteiger partial charge in [0.25, 0.3) is 5.69 Å². The Hall–Kier alpha value is -3.09. The summed E-state index contributed by atoms with van der Waals surface area (Å²) in [5, 5.41) is 16.6. The van der Waals surface area contributed by atoms with Crippen molar-refractivity contribution in [2.45, 2.75) is 19.4 Å². The fraction of sp³-hybridized carbons (Fsp3) is 0.176. The fourth-order valence-corrected chi connectivity index (χ4v) is 2.72. The predicted octanol–water partition coefficient (Wildman–Crippen LogP) is 3.43. The van der Waals surface area contributed by atoms with E-state index in [0.717, 1.165) is 5.56 Å². The number of hydrazone groups is 1. The molecule has 0 saturated carbocycles. The van der Waals surface area contributed by atoms with Gasteiger partial charge in [-0.2, -0.15) is 5.10 Å². The monoisotopic (exact) mass is 327 g/mol. The number of amides is 1. The number of nitrogens with zero attached hydrogens (tertiary/aromatic N) is 3. The summed E-state index contributed by atoms with van der Waals surface area (Å²) in [4.78, 5) is 22.4. The maximum atomic E-state index is 13.1. The van der Waals surface area contributed by atoms with Crippen LogP contribution in [0.3, 0.4) is 0 Å². The number of carbonyl (C=O) groups excluding carboxylic acids is 1. The van der Waals surface area contributed by atoms with Crippen LogP contribution in [-0.2, 0) is 4.79 Å². The number of hydrogen-bond donors (Lipinski definition) is 0. The standard InChI is InChI=1S/C17H14FN3O3/c1-11(22)20-17(13-3-2-4-15(9-13)21(23)24)10-16(19-20)12-5-7-14(18)8-6-12/h2-9,17H,10H2,1H3. The summed E-state index contributed by atoms with van der Waals surface area (Å²) in [6, 6.07) is 11.6. The Morgan fingerprint density at radius 3 is 2.62 bits per heavy atom. The van der Waals surface area contributed by atoms with Crippen molar-refractivity contribution in [1.82, 2.24) is 5.01 Å². The van der Waals surface area contributed by atoms with Gasteiger partial charge in [0, 0.05) is 25.5 Å². The molecule has 0 spiro atoms. The zero-order valence-corrected chi connectivity index (χ0v) is 12.8. The van der Waals surface area contributed by atoms with Crippen LogP contribution in [0.1, 0.15) is 30.5 Å². The Balaban J connectivity index is 1.95. The lowest BCUT2D eigenvalue weighted by Crippen LogP contribution is -2.24. The van der Waals surface area contributed by atoms with Gasteiger partial charge in [-0.15, -0.1) is 0 Å². The molecule has 1 unspecified atom stereocenters. The summed E-state index contributed by atoms with van der Waals surface area (Å²) < 4.78 is 13.1. The van der Waals surface area contributed by atoms with Gasteiger partial charge in [-0.25, -0.2) is 9.40 Å². The second-order valence-electron chi connectivity index (χ2n) is 5.49. The Labute approximate surface area is 137 Å². The minimum Gasteiger partial charge on any atom is -0.273 e. The Morgan fingerprint density at radius 2 is 2.00 bits per heavy atom. The van der Waals surface area contributed by atoms with Gasteiger partial charge in [0.1, 0.15) is 5.82 Å². The van der Waals surface area contributed by atoms with E-state index >= 15 is 0 Å². The van der Waals surface area contributed by atoms with Gasteiger partial charge in [-0.1, -0.05) is 24.3 Å². The second kappa shape index (κ2) is 6.19. The fourth-order valence-electron chi connectivity index (χ4n) is 2.72. The van der Waals surface area contributed by atoms with Crippen molar-refractivity contribution in [3.63, 3.8) is 0 Å². The van der Waals surface area contributed by atoms with Gasteiger partial charge < -0.3 is 0 Å². The third-order valence-corrected chi connectivity index (χ3v) is 3.88. The summed E-state index contributed by atoms with van der Waals surface area (Å²) >= 11 is 0. The van der Waals surface area contributed by atoms with Gasteiger partial charge in [0.2, 0.25) is 5.91 Å². The number of non-ortho nitro benzene ring substituents is 1. The van der Waals surface area contributed by atoms with Crippen LogP contribution in [0.4, 0.5) is 10.1 Å². The van der Waals surface area contributed by atoms with Crippen LogP contribution in [0.5, 0.6) is 0 Å². The van der Waals surface area contributed by atoms with E-state index in [1.165, 1.54) is 36.2 Å². The highest BCUT2D eigenvalue weighted by molar-refractivity contribution is 6.03. The van der Waals surface area contributed by atoms with E-state index in [9.17, 15) is 19.3 Å². The molecule has 0 saturated heterocycles. The molecule has 1 heterocycles. The van der Waals surface area contributed by atoms with Crippen molar-refractivity contribution in [3.8, 4) is 0 Å². The predicted molar refractivity (Wildman–Crippen MR) is 85.9 cm³/mol. The number of carbonyl (C=O) groups is 1. The zero-order chi connectivity index (χ0) is 17.3. The molecule has 0 aliphatic carbocycles. The van der Waals surface area contributed by atoms with Crippen molar-refractivity contribution in [3.05, 3.63) is 75.6 Å². The van der Waals surface area contributed by atoms with Gasteiger partial charge >= 0.3 is 0 Å². The highest BCUT2D eigenvalue weighted by Crippen LogP contribution is 2.34. The van der Waals surface area contributed by atoms with Crippen LogP contribution in [0.25, 0.3) is 0 Å². The minimum atomic E-state index is -0.474. The third-order valence-electron chi connectivity index (χ3n) is 3.88. The molecule has 2 aromatic rings. The topological polar surface area (TPSA) is 75.8 Å². The lowest BCUT2D eigenvalue weighted by atomic mass is 9.98. The molecule has 2 aromatic carbocycles. The normalized spacial score (nSPS) is 16.8. The molecule has 24 heavy (non-hydrogen) atoms. The maximum Gasteiger partial charge on any atom is 0.269 e. The van der Waals surface area contributed by atoms with Crippen molar-refractivity contribution < 1.29 is 14.1 Å². The lowest BCUT2D eigenvalue weighted by molar-refractivity contribution is -0.384.